The molecule has 0 N–H and O–H groups in total. The van der Waals surface area contributed by atoms with Crippen LogP contribution in [0, 0.1) is 0 Å². The van der Waals surface area contributed by atoms with E-state index in [2.05, 4.69) is 50.8 Å². The largest absolute Gasteiger partial charge is 0.494 e. The van der Waals surface area contributed by atoms with Crippen LogP contribution in [-0.2, 0) is 6.42 Å². The maximum Gasteiger partial charge on any atom is 0.119 e. The Labute approximate surface area is 101 Å². The summed E-state index contributed by atoms with van der Waals surface area (Å²) in [7, 11) is -0.890. The van der Waals surface area contributed by atoms with E-state index >= 15 is 0 Å². The van der Waals surface area contributed by atoms with Crippen molar-refractivity contribution in [1.82, 2.24) is 0 Å². The summed E-state index contributed by atoms with van der Waals surface area (Å²) in [6, 6.07) is 9.79. The standard InChI is InChI=1S/C14H24OSi/c1-5-13-7-9-14(10-8-13)15-11-6-12-16(2,3)4/h7-10H,5-6,11-12H2,1-4H3. The molecule has 0 aliphatic heterocycles. The van der Waals surface area contributed by atoms with Crippen LogP contribution in [0.15, 0.2) is 24.3 Å². The van der Waals surface area contributed by atoms with Gasteiger partial charge in [0, 0.05) is 8.07 Å². The number of aryl methyl sites for hydroxylation is 1. The molecule has 0 amide bonds. The molecule has 0 aliphatic carbocycles. The van der Waals surface area contributed by atoms with E-state index in [1.54, 1.807) is 0 Å². The number of hydrogen-bond acceptors (Lipinski definition) is 1. The quantitative estimate of drug-likeness (QED) is 0.527. The fourth-order valence-corrected chi connectivity index (χ4v) is 2.82. The van der Waals surface area contributed by atoms with Crippen molar-refractivity contribution < 1.29 is 4.74 Å². The molecule has 0 saturated heterocycles. The summed E-state index contributed by atoms with van der Waals surface area (Å²) in [5.74, 6) is 1.01. The van der Waals surface area contributed by atoms with Gasteiger partial charge in [-0.3, -0.25) is 0 Å². The number of rotatable bonds is 6. The lowest BCUT2D eigenvalue weighted by Crippen LogP contribution is -2.19. The molecule has 16 heavy (non-hydrogen) atoms. The molecule has 1 aromatic rings. The van der Waals surface area contributed by atoms with Crippen molar-refractivity contribution in [2.45, 2.75) is 45.5 Å². The Bertz CT molecular complexity index is 298. The average Bonchev–Trinajstić information content (AvgIpc) is 2.24. The highest BCUT2D eigenvalue weighted by Gasteiger charge is 2.11. The highest BCUT2D eigenvalue weighted by molar-refractivity contribution is 6.76. The number of benzene rings is 1. The van der Waals surface area contributed by atoms with E-state index in [-0.39, 0.29) is 0 Å². The molecular weight excluding hydrogens is 212 g/mol. The molecule has 0 spiro atoms. The van der Waals surface area contributed by atoms with Gasteiger partial charge in [0.25, 0.3) is 0 Å². The maximum absolute atomic E-state index is 5.72. The van der Waals surface area contributed by atoms with Gasteiger partial charge in [-0.1, -0.05) is 44.7 Å². The smallest absolute Gasteiger partial charge is 0.119 e. The highest BCUT2D eigenvalue weighted by atomic mass is 28.3. The van der Waals surface area contributed by atoms with Gasteiger partial charge in [0.2, 0.25) is 0 Å². The SMILES string of the molecule is CCc1ccc(OCCC[Si](C)(C)C)cc1. The van der Waals surface area contributed by atoms with Crippen molar-refractivity contribution in [3.05, 3.63) is 29.8 Å². The zero-order chi connectivity index (χ0) is 12.0. The van der Waals surface area contributed by atoms with E-state index in [9.17, 15) is 0 Å². The average molecular weight is 236 g/mol. The van der Waals surface area contributed by atoms with E-state index in [1.165, 1.54) is 18.0 Å². The zero-order valence-corrected chi connectivity index (χ0v) is 12.0. The predicted molar refractivity (Wildman–Crippen MR) is 74.1 cm³/mol. The van der Waals surface area contributed by atoms with Gasteiger partial charge in [-0.25, -0.2) is 0 Å². The Morgan fingerprint density at radius 1 is 1.06 bits per heavy atom. The van der Waals surface area contributed by atoms with Gasteiger partial charge in [-0.2, -0.15) is 0 Å². The molecule has 1 rings (SSSR count). The minimum atomic E-state index is -0.890. The summed E-state index contributed by atoms with van der Waals surface area (Å²) in [6.07, 6.45) is 2.28. The summed E-state index contributed by atoms with van der Waals surface area (Å²) in [5, 5.41) is 0. The predicted octanol–water partition coefficient (Wildman–Crippen LogP) is 4.36. The highest BCUT2D eigenvalue weighted by Crippen LogP contribution is 2.15. The first-order chi connectivity index (χ1) is 7.51. The topological polar surface area (TPSA) is 9.23 Å². The molecule has 90 valence electrons. The summed E-state index contributed by atoms with van der Waals surface area (Å²) >= 11 is 0. The molecular formula is C14H24OSi. The first-order valence-corrected chi connectivity index (χ1v) is 9.94. The third-order valence-corrected chi connectivity index (χ3v) is 4.52. The van der Waals surface area contributed by atoms with Crippen LogP contribution in [0.25, 0.3) is 0 Å². The van der Waals surface area contributed by atoms with Crippen LogP contribution in [0.1, 0.15) is 18.9 Å². The van der Waals surface area contributed by atoms with Gasteiger partial charge in [0.05, 0.1) is 6.61 Å². The Morgan fingerprint density at radius 2 is 1.69 bits per heavy atom. The van der Waals surface area contributed by atoms with Gasteiger partial charge in [0.1, 0.15) is 5.75 Å². The van der Waals surface area contributed by atoms with Crippen molar-refractivity contribution >= 4 is 8.07 Å². The molecule has 1 aromatic carbocycles. The minimum absolute atomic E-state index is 0.857. The van der Waals surface area contributed by atoms with Crippen LogP contribution < -0.4 is 4.74 Å². The number of hydrogen-bond donors (Lipinski definition) is 0. The molecule has 0 unspecified atom stereocenters. The van der Waals surface area contributed by atoms with Gasteiger partial charge < -0.3 is 4.74 Å². The van der Waals surface area contributed by atoms with Crippen molar-refractivity contribution in [3.8, 4) is 5.75 Å². The second-order valence-electron chi connectivity index (χ2n) is 5.51. The molecule has 0 bridgehead atoms. The zero-order valence-electron chi connectivity index (χ0n) is 11.0. The van der Waals surface area contributed by atoms with Crippen LogP contribution in [0.4, 0.5) is 0 Å². The van der Waals surface area contributed by atoms with Gasteiger partial charge in [-0.05, 0) is 30.5 Å². The lowest BCUT2D eigenvalue weighted by molar-refractivity contribution is 0.316. The summed E-state index contributed by atoms with van der Waals surface area (Å²) in [5.41, 5.74) is 1.37. The van der Waals surface area contributed by atoms with E-state index in [4.69, 9.17) is 4.74 Å². The third-order valence-electron chi connectivity index (χ3n) is 2.67. The summed E-state index contributed by atoms with van der Waals surface area (Å²) in [4.78, 5) is 0. The van der Waals surface area contributed by atoms with E-state index in [0.717, 1.165) is 18.8 Å². The lowest BCUT2D eigenvalue weighted by atomic mass is 10.2. The van der Waals surface area contributed by atoms with E-state index in [0.29, 0.717) is 0 Å². The molecule has 0 fully saturated rings. The van der Waals surface area contributed by atoms with Crippen LogP contribution >= 0.6 is 0 Å². The molecule has 0 atom stereocenters. The minimum Gasteiger partial charge on any atom is -0.494 e. The Morgan fingerprint density at radius 3 is 2.19 bits per heavy atom. The van der Waals surface area contributed by atoms with Crippen molar-refractivity contribution in [3.63, 3.8) is 0 Å². The first-order valence-electron chi connectivity index (χ1n) is 6.23. The van der Waals surface area contributed by atoms with E-state index in [1.807, 2.05) is 0 Å². The maximum atomic E-state index is 5.72. The molecule has 0 heterocycles. The van der Waals surface area contributed by atoms with Crippen LogP contribution in [-0.4, -0.2) is 14.7 Å². The normalized spacial score (nSPS) is 11.5. The molecule has 2 heteroatoms. The fourth-order valence-electron chi connectivity index (χ4n) is 1.61. The molecule has 0 aromatic heterocycles. The van der Waals surface area contributed by atoms with Crippen molar-refractivity contribution in [2.75, 3.05) is 6.61 Å². The Hall–Kier alpha value is -0.763. The molecule has 0 aliphatic rings. The van der Waals surface area contributed by atoms with Gasteiger partial charge in [-0.15, -0.1) is 0 Å². The van der Waals surface area contributed by atoms with Crippen LogP contribution in [0.2, 0.25) is 25.7 Å². The monoisotopic (exact) mass is 236 g/mol. The lowest BCUT2D eigenvalue weighted by Gasteiger charge is -2.15. The van der Waals surface area contributed by atoms with Gasteiger partial charge >= 0.3 is 0 Å². The molecule has 0 radical (unpaired) electrons. The van der Waals surface area contributed by atoms with E-state index < -0.39 is 8.07 Å². The van der Waals surface area contributed by atoms with Crippen LogP contribution in [0.3, 0.4) is 0 Å². The summed E-state index contributed by atoms with van der Waals surface area (Å²) in [6.45, 7) is 10.2. The second kappa shape index (κ2) is 6.09. The van der Waals surface area contributed by atoms with Crippen molar-refractivity contribution in [2.24, 2.45) is 0 Å². The van der Waals surface area contributed by atoms with Crippen LogP contribution in [0.5, 0.6) is 5.75 Å². The number of ether oxygens (including phenoxy) is 1. The first kappa shape index (κ1) is 13.3. The molecule has 0 saturated carbocycles. The Balaban J connectivity index is 2.27. The van der Waals surface area contributed by atoms with Crippen molar-refractivity contribution in [1.29, 1.82) is 0 Å². The fraction of sp³-hybridized carbons (Fsp3) is 0.571. The summed E-state index contributed by atoms with van der Waals surface area (Å²) < 4.78 is 5.72. The molecule has 1 nitrogen and oxygen atoms in total. The second-order valence-corrected chi connectivity index (χ2v) is 11.1. The Kier molecular flexibility index (Phi) is 5.06. The third kappa shape index (κ3) is 5.36. The van der Waals surface area contributed by atoms with Gasteiger partial charge in [0.15, 0.2) is 0 Å².